The van der Waals surface area contributed by atoms with Crippen molar-refractivity contribution in [2.45, 2.75) is 26.1 Å². The van der Waals surface area contributed by atoms with Gasteiger partial charge in [-0.25, -0.2) is 4.98 Å². The molecule has 0 radical (unpaired) electrons. The van der Waals surface area contributed by atoms with Gasteiger partial charge in [0.25, 0.3) is 0 Å². The van der Waals surface area contributed by atoms with E-state index in [4.69, 9.17) is 0 Å². The third kappa shape index (κ3) is 3.19. The number of benzene rings is 1. The maximum absolute atomic E-state index is 12.7. The Morgan fingerprint density at radius 1 is 1.30 bits per heavy atom. The third-order valence-electron chi connectivity index (χ3n) is 2.89. The Balaban J connectivity index is 2.41. The van der Waals surface area contributed by atoms with Crippen molar-refractivity contribution >= 4 is 11.3 Å². The van der Waals surface area contributed by atoms with Gasteiger partial charge in [-0.05, 0) is 25.6 Å². The minimum atomic E-state index is -4.32. The third-order valence-corrected chi connectivity index (χ3v) is 4.03. The zero-order valence-electron chi connectivity index (χ0n) is 11.2. The molecule has 1 heterocycles. The Morgan fingerprint density at radius 3 is 2.65 bits per heavy atom. The Kier molecular flexibility index (Phi) is 4.45. The van der Waals surface area contributed by atoms with Crippen LogP contribution in [0.1, 0.15) is 23.1 Å². The summed E-state index contributed by atoms with van der Waals surface area (Å²) in [5, 5.41) is 3.69. The first-order valence-corrected chi connectivity index (χ1v) is 7.08. The predicted molar refractivity (Wildman–Crippen MR) is 74.7 cm³/mol. The molecule has 0 fully saturated rings. The first-order chi connectivity index (χ1) is 9.45. The highest BCUT2D eigenvalue weighted by molar-refractivity contribution is 7.15. The molecule has 1 aromatic carbocycles. The van der Waals surface area contributed by atoms with Gasteiger partial charge in [0.2, 0.25) is 0 Å². The van der Waals surface area contributed by atoms with Crippen molar-refractivity contribution in [2.75, 3.05) is 7.05 Å². The molecule has 0 aliphatic carbocycles. The van der Waals surface area contributed by atoms with E-state index in [1.54, 1.807) is 6.07 Å². The van der Waals surface area contributed by atoms with Crippen molar-refractivity contribution in [3.05, 3.63) is 40.4 Å². The second-order valence-electron chi connectivity index (χ2n) is 4.35. The fourth-order valence-corrected chi connectivity index (χ4v) is 3.07. The number of rotatable bonds is 4. The summed E-state index contributed by atoms with van der Waals surface area (Å²) in [4.78, 5) is 5.52. The Morgan fingerprint density at radius 2 is 2.05 bits per heavy atom. The molecule has 0 saturated carbocycles. The van der Waals surface area contributed by atoms with Crippen LogP contribution in [0.4, 0.5) is 13.2 Å². The maximum Gasteiger partial charge on any atom is 0.416 e. The van der Waals surface area contributed by atoms with E-state index in [1.165, 1.54) is 17.4 Å². The number of hydrogen-bond acceptors (Lipinski definition) is 3. The highest BCUT2D eigenvalue weighted by Crippen LogP contribution is 2.34. The highest BCUT2D eigenvalue weighted by Gasteiger charge is 2.30. The summed E-state index contributed by atoms with van der Waals surface area (Å²) in [5.41, 5.74) is 0.817. The molecular weight excluding hydrogens is 285 g/mol. The number of halogens is 3. The summed E-state index contributed by atoms with van der Waals surface area (Å²) in [6.07, 6.45) is -3.55. The largest absolute Gasteiger partial charge is 0.416 e. The van der Waals surface area contributed by atoms with E-state index >= 15 is 0 Å². The van der Waals surface area contributed by atoms with Crippen LogP contribution in [0.5, 0.6) is 0 Å². The van der Waals surface area contributed by atoms with Crippen molar-refractivity contribution in [1.82, 2.24) is 10.3 Å². The monoisotopic (exact) mass is 300 g/mol. The molecule has 20 heavy (non-hydrogen) atoms. The molecule has 108 valence electrons. The number of nitrogens with one attached hydrogen (secondary N) is 1. The summed E-state index contributed by atoms with van der Waals surface area (Å²) < 4.78 is 38.2. The topological polar surface area (TPSA) is 24.9 Å². The molecule has 0 saturated heterocycles. The molecule has 0 spiro atoms. The van der Waals surface area contributed by atoms with Crippen LogP contribution in [0.3, 0.4) is 0 Å². The molecule has 2 nitrogen and oxygen atoms in total. The molecule has 0 bridgehead atoms. The van der Waals surface area contributed by atoms with Gasteiger partial charge < -0.3 is 5.32 Å². The van der Waals surface area contributed by atoms with Crippen molar-refractivity contribution in [3.8, 4) is 10.6 Å². The van der Waals surface area contributed by atoms with E-state index < -0.39 is 11.7 Å². The lowest BCUT2D eigenvalue weighted by Gasteiger charge is -2.07. The summed E-state index contributed by atoms with van der Waals surface area (Å²) in [6, 6.07) is 5.31. The van der Waals surface area contributed by atoms with Crippen molar-refractivity contribution in [1.29, 1.82) is 0 Å². The summed E-state index contributed by atoms with van der Waals surface area (Å²) in [5.74, 6) is 0. The summed E-state index contributed by atoms with van der Waals surface area (Å²) in [7, 11) is 1.84. The summed E-state index contributed by atoms with van der Waals surface area (Å²) in [6.45, 7) is 2.67. The number of aromatic nitrogens is 1. The number of nitrogens with zero attached hydrogens (tertiary/aromatic N) is 1. The van der Waals surface area contributed by atoms with E-state index in [1.807, 2.05) is 14.0 Å². The molecule has 6 heteroatoms. The zero-order valence-corrected chi connectivity index (χ0v) is 12.0. The Hall–Kier alpha value is -1.40. The van der Waals surface area contributed by atoms with Gasteiger partial charge in [-0.2, -0.15) is 13.2 Å². The van der Waals surface area contributed by atoms with Gasteiger partial charge >= 0.3 is 6.18 Å². The van der Waals surface area contributed by atoms with Crippen LogP contribution < -0.4 is 5.32 Å². The fraction of sp³-hybridized carbons (Fsp3) is 0.357. The van der Waals surface area contributed by atoms with Crippen LogP contribution in [0.25, 0.3) is 10.6 Å². The Bertz CT molecular complexity index is 590. The van der Waals surface area contributed by atoms with Gasteiger partial charge in [0.15, 0.2) is 0 Å². The molecule has 0 atom stereocenters. The summed E-state index contributed by atoms with van der Waals surface area (Å²) >= 11 is 1.44. The first-order valence-electron chi connectivity index (χ1n) is 6.26. The molecule has 0 aliphatic heterocycles. The standard InChI is InChI=1S/C14H15F3N2S/c1-3-11-12(8-18-2)20-13(19-11)9-5-4-6-10(7-9)14(15,16)17/h4-7,18H,3,8H2,1-2H3. The minimum absolute atomic E-state index is 0.516. The number of alkyl halides is 3. The molecule has 2 rings (SSSR count). The number of thiazole rings is 1. The second-order valence-corrected chi connectivity index (χ2v) is 5.43. The van der Waals surface area contributed by atoms with Crippen LogP contribution >= 0.6 is 11.3 Å². The van der Waals surface area contributed by atoms with Gasteiger partial charge in [-0.1, -0.05) is 19.1 Å². The van der Waals surface area contributed by atoms with Gasteiger partial charge in [-0.15, -0.1) is 11.3 Å². The lowest BCUT2D eigenvalue weighted by molar-refractivity contribution is -0.137. The van der Waals surface area contributed by atoms with Crippen molar-refractivity contribution in [3.63, 3.8) is 0 Å². The molecule has 0 aliphatic rings. The quantitative estimate of drug-likeness (QED) is 0.919. The number of hydrogen-bond donors (Lipinski definition) is 1. The average Bonchev–Trinajstić information content (AvgIpc) is 2.82. The second kappa shape index (κ2) is 5.93. The van der Waals surface area contributed by atoms with E-state index in [0.717, 1.165) is 29.1 Å². The zero-order chi connectivity index (χ0) is 14.8. The van der Waals surface area contributed by atoms with Crippen LogP contribution in [0, 0.1) is 0 Å². The SMILES string of the molecule is CCc1nc(-c2cccc(C(F)(F)F)c2)sc1CNC. The van der Waals surface area contributed by atoms with E-state index in [9.17, 15) is 13.2 Å². The van der Waals surface area contributed by atoms with Gasteiger partial charge in [0.05, 0.1) is 11.3 Å². The van der Waals surface area contributed by atoms with Crippen LogP contribution in [0.2, 0.25) is 0 Å². The molecule has 0 unspecified atom stereocenters. The van der Waals surface area contributed by atoms with Crippen molar-refractivity contribution in [2.24, 2.45) is 0 Å². The van der Waals surface area contributed by atoms with Gasteiger partial charge in [-0.3, -0.25) is 0 Å². The molecule has 1 N–H and O–H groups in total. The molecule has 2 aromatic rings. The predicted octanol–water partition coefficient (Wildman–Crippen LogP) is 4.11. The van der Waals surface area contributed by atoms with Crippen LogP contribution in [0.15, 0.2) is 24.3 Å². The first kappa shape index (κ1) is 15.0. The average molecular weight is 300 g/mol. The highest BCUT2D eigenvalue weighted by atomic mass is 32.1. The normalized spacial score (nSPS) is 11.8. The van der Waals surface area contributed by atoms with E-state index in [2.05, 4.69) is 10.3 Å². The van der Waals surface area contributed by atoms with E-state index in [0.29, 0.717) is 17.1 Å². The molecule has 0 amide bonds. The lowest BCUT2D eigenvalue weighted by atomic mass is 10.1. The smallest absolute Gasteiger partial charge is 0.315 e. The molecular formula is C14H15F3N2S. The van der Waals surface area contributed by atoms with Crippen LogP contribution in [-0.2, 0) is 19.1 Å². The molecule has 1 aromatic heterocycles. The number of aryl methyl sites for hydroxylation is 1. The van der Waals surface area contributed by atoms with E-state index in [-0.39, 0.29) is 0 Å². The van der Waals surface area contributed by atoms with Gasteiger partial charge in [0.1, 0.15) is 5.01 Å². The van der Waals surface area contributed by atoms with Crippen LogP contribution in [-0.4, -0.2) is 12.0 Å². The minimum Gasteiger partial charge on any atom is -0.315 e. The maximum atomic E-state index is 12.7. The lowest BCUT2D eigenvalue weighted by Crippen LogP contribution is -2.05. The van der Waals surface area contributed by atoms with Crippen molar-refractivity contribution < 1.29 is 13.2 Å². The van der Waals surface area contributed by atoms with Gasteiger partial charge in [0, 0.05) is 17.0 Å². The fourth-order valence-electron chi connectivity index (χ4n) is 1.91. The Labute approximate surface area is 119 Å².